The molecule has 2 heterocycles. The van der Waals surface area contributed by atoms with E-state index in [1.54, 1.807) is 11.1 Å². The summed E-state index contributed by atoms with van der Waals surface area (Å²) in [5, 5.41) is 1.82. The summed E-state index contributed by atoms with van der Waals surface area (Å²) in [6.45, 7) is 6.25. The van der Waals surface area contributed by atoms with Gasteiger partial charge in [0, 0.05) is 24.2 Å². The maximum Gasteiger partial charge on any atom is 0.410 e. The Morgan fingerprint density at radius 3 is 2.90 bits per heavy atom. The number of thiazole rings is 1. The number of hydrogen-bond acceptors (Lipinski definition) is 5. The monoisotopic (exact) mass is 330 g/mol. The first kappa shape index (κ1) is 16.4. The summed E-state index contributed by atoms with van der Waals surface area (Å²) in [4.78, 5) is 18.1. The Labute approximate surface area is 132 Å². The van der Waals surface area contributed by atoms with Crippen LogP contribution in [0.4, 0.5) is 4.79 Å². The van der Waals surface area contributed by atoms with E-state index in [1.807, 2.05) is 26.2 Å². The van der Waals surface area contributed by atoms with Crippen LogP contribution in [0.2, 0.25) is 0 Å². The molecular weight excluding hydrogens is 308 g/mol. The van der Waals surface area contributed by atoms with Crippen LogP contribution in [0.25, 0.3) is 0 Å². The van der Waals surface area contributed by atoms with E-state index in [9.17, 15) is 9.00 Å². The molecule has 1 fully saturated rings. The molecule has 2 rings (SSSR count). The van der Waals surface area contributed by atoms with E-state index in [-0.39, 0.29) is 12.1 Å². The first-order valence-electron chi connectivity index (χ1n) is 7.14. The van der Waals surface area contributed by atoms with Crippen molar-refractivity contribution in [3.8, 4) is 0 Å². The molecule has 5 nitrogen and oxygen atoms in total. The SMILES string of the molecule is CC(C)(C)OC(=O)N1CCCC[C@H]1C[S@](=O)c1nccs1. The first-order chi connectivity index (χ1) is 9.87. The van der Waals surface area contributed by atoms with Gasteiger partial charge in [-0.1, -0.05) is 0 Å². The normalized spacial score (nSPS) is 21.1. The molecule has 21 heavy (non-hydrogen) atoms. The number of ether oxygens (including phenoxy) is 1. The van der Waals surface area contributed by atoms with E-state index in [4.69, 9.17) is 4.74 Å². The van der Waals surface area contributed by atoms with Gasteiger partial charge in [0.2, 0.25) is 0 Å². The quantitative estimate of drug-likeness (QED) is 0.855. The topological polar surface area (TPSA) is 59.5 Å². The summed E-state index contributed by atoms with van der Waals surface area (Å²) < 4.78 is 18.4. The molecule has 0 unspecified atom stereocenters. The molecule has 0 aliphatic carbocycles. The lowest BCUT2D eigenvalue weighted by atomic mass is 10.0. The molecule has 7 heteroatoms. The highest BCUT2D eigenvalue weighted by molar-refractivity contribution is 7.87. The standard InChI is InChI=1S/C14H22N2O3S2/c1-14(2,3)19-13(17)16-8-5-4-6-11(16)10-21(18)12-15-7-9-20-12/h7,9,11H,4-6,8,10H2,1-3H3/t11-,21-/m0/s1. The second-order valence-electron chi connectivity index (χ2n) is 6.13. The summed E-state index contributed by atoms with van der Waals surface area (Å²) >= 11 is 1.39. The highest BCUT2D eigenvalue weighted by Gasteiger charge is 2.32. The third-order valence-corrected chi connectivity index (χ3v) is 5.80. The third kappa shape index (κ3) is 4.78. The zero-order valence-corrected chi connectivity index (χ0v) is 14.3. The number of aromatic nitrogens is 1. The molecule has 0 spiro atoms. The molecule has 0 bridgehead atoms. The fourth-order valence-electron chi connectivity index (χ4n) is 2.30. The summed E-state index contributed by atoms with van der Waals surface area (Å²) in [6.07, 6.45) is 4.25. The minimum absolute atomic E-state index is 0.0293. The van der Waals surface area contributed by atoms with Crippen molar-refractivity contribution < 1.29 is 13.7 Å². The molecule has 1 amide bonds. The smallest absolute Gasteiger partial charge is 0.410 e. The van der Waals surface area contributed by atoms with E-state index in [2.05, 4.69) is 4.98 Å². The van der Waals surface area contributed by atoms with E-state index in [0.717, 1.165) is 19.3 Å². The van der Waals surface area contributed by atoms with Crippen LogP contribution in [0.15, 0.2) is 15.9 Å². The van der Waals surface area contributed by atoms with Crippen molar-refractivity contribution in [1.82, 2.24) is 9.88 Å². The van der Waals surface area contributed by atoms with Crippen LogP contribution >= 0.6 is 11.3 Å². The number of nitrogens with zero attached hydrogens (tertiary/aromatic N) is 2. The zero-order valence-electron chi connectivity index (χ0n) is 12.7. The van der Waals surface area contributed by atoms with Crippen LogP contribution in [-0.4, -0.2) is 44.1 Å². The maximum atomic E-state index is 12.3. The minimum Gasteiger partial charge on any atom is -0.444 e. The van der Waals surface area contributed by atoms with E-state index in [0.29, 0.717) is 16.6 Å². The van der Waals surface area contributed by atoms with Gasteiger partial charge in [0.05, 0.1) is 16.6 Å². The Bertz CT molecular complexity index is 497. The lowest BCUT2D eigenvalue weighted by Gasteiger charge is -2.36. The van der Waals surface area contributed by atoms with Gasteiger partial charge in [0.25, 0.3) is 0 Å². The van der Waals surface area contributed by atoms with Crippen molar-refractivity contribution in [2.24, 2.45) is 0 Å². The van der Waals surface area contributed by atoms with Crippen molar-refractivity contribution in [3.05, 3.63) is 11.6 Å². The molecule has 1 saturated heterocycles. The van der Waals surface area contributed by atoms with E-state index < -0.39 is 16.4 Å². The molecule has 0 N–H and O–H groups in total. The fourth-order valence-corrected chi connectivity index (χ4v) is 4.48. The molecule has 0 radical (unpaired) electrons. The number of carbonyl (C=O) groups excluding carboxylic acids is 1. The minimum atomic E-state index is -1.15. The largest absolute Gasteiger partial charge is 0.444 e. The van der Waals surface area contributed by atoms with Crippen molar-refractivity contribution in [2.75, 3.05) is 12.3 Å². The van der Waals surface area contributed by atoms with Crippen molar-refractivity contribution in [2.45, 2.75) is 56.0 Å². The summed E-state index contributed by atoms with van der Waals surface area (Å²) in [7, 11) is -1.15. The molecule has 0 aromatic carbocycles. The van der Waals surface area contributed by atoms with Gasteiger partial charge in [0.1, 0.15) is 5.60 Å². The molecule has 0 saturated carbocycles. The second-order valence-corrected chi connectivity index (χ2v) is 8.70. The summed E-state index contributed by atoms with van der Waals surface area (Å²) in [5.41, 5.74) is -0.506. The Morgan fingerprint density at radius 2 is 2.29 bits per heavy atom. The van der Waals surface area contributed by atoms with Gasteiger partial charge in [-0.05, 0) is 40.0 Å². The molecule has 1 aromatic heterocycles. The fraction of sp³-hybridized carbons (Fsp3) is 0.714. The van der Waals surface area contributed by atoms with Gasteiger partial charge in [-0.15, -0.1) is 11.3 Å². The molecule has 1 aliphatic heterocycles. The molecular formula is C14H22N2O3S2. The van der Waals surface area contributed by atoms with Gasteiger partial charge < -0.3 is 9.64 Å². The lowest BCUT2D eigenvalue weighted by Crippen LogP contribution is -2.48. The van der Waals surface area contributed by atoms with Crippen LogP contribution in [0.3, 0.4) is 0 Å². The Hall–Kier alpha value is -0.950. The maximum absolute atomic E-state index is 12.3. The van der Waals surface area contributed by atoms with Crippen molar-refractivity contribution in [3.63, 3.8) is 0 Å². The molecule has 118 valence electrons. The number of hydrogen-bond donors (Lipinski definition) is 0. The number of likely N-dealkylation sites (tertiary alicyclic amines) is 1. The highest BCUT2D eigenvalue weighted by atomic mass is 32.2. The number of rotatable bonds is 3. The molecule has 2 atom stereocenters. The highest BCUT2D eigenvalue weighted by Crippen LogP contribution is 2.23. The predicted octanol–water partition coefficient (Wildman–Crippen LogP) is 3.04. The van der Waals surface area contributed by atoms with Crippen molar-refractivity contribution >= 4 is 28.2 Å². The Balaban J connectivity index is 2.02. The van der Waals surface area contributed by atoms with Crippen molar-refractivity contribution in [1.29, 1.82) is 0 Å². The third-order valence-electron chi connectivity index (χ3n) is 3.20. The number of carbonyl (C=O) groups is 1. The lowest BCUT2D eigenvalue weighted by molar-refractivity contribution is 0.0125. The van der Waals surface area contributed by atoms with E-state index in [1.165, 1.54) is 11.3 Å². The van der Waals surface area contributed by atoms with Gasteiger partial charge >= 0.3 is 6.09 Å². The summed E-state index contributed by atoms with van der Waals surface area (Å²) in [6, 6.07) is -0.0293. The van der Waals surface area contributed by atoms with Crippen LogP contribution < -0.4 is 0 Å². The van der Waals surface area contributed by atoms with Crippen LogP contribution in [0.5, 0.6) is 0 Å². The average molecular weight is 330 g/mol. The van der Waals surface area contributed by atoms with E-state index >= 15 is 0 Å². The number of piperidine rings is 1. The Kier molecular flexibility index (Phi) is 5.37. The summed E-state index contributed by atoms with van der Waals surface area (Å²) in [5.74, 6) is 0.437. The second kappa shape index (κ2) is 6.87. The molecule has 1 aliphatic rings. The average Bonchev–Trinajstić information content (AvgIpc) is 2.91. The van der Waals surface area contributed by atoms with Gasteiger partial charge in [-0.3, -0.25) is 4.21 Å². The zero-order chi connectivity index (χ0) is 15.5. The Morgan fingerprint density at radius 1 is 1.52 bits per heavy atom. The van der Waals surface area contributed by atoms with Gasteiger partial charge in [-0.25, -0.2) is 9.78 Å². The number of amides is 1. The molecule has 1 aromatic rings. The van der Waals surface area contributed by atoms with Crippen LogP contribution in [-0.2, 0) is 15.5 Å². The first-order valence-corrected chi connectivity index (χ1v) is 9.34. The predicted molar refractivity (Wildman–Crippen MR) is 84.0 cm³/mol. The van der Waals surface area contributed by atoms with Crippen LogP contribution in [0.1, 0.15) is 40.0 Å². The van der Waals surface area contributed by atoms with Crippen LogP contribution in [0, 0.1) is 0 Å². The van der Waals surface area contributed by atoms with Gasteiger partial charge in [0.15, 0.2) is 4.34 Å². The van der Waals surface area contributed by atoms with Gasteiger partial charge in [-0.2, -0.15) is 0 Å².